The molecular weight excluding hydrogens is 252 g/mol. The topological polar surface area (TPSA) is 23.8 Å². The van der Waals surface area contributed by atoms with E-state index in [2.05, 4.69) is 13.0 Å². The predicted octanol–water partition coefficient (Wildman–Crippen LogP) is 4.39. The Morgan fingerprint density at radius 2 is 2.06 bits per heavy atom. The van der Waals surface area contributed by atoms with Crippen molar-refractivity contribution < 1.29 is 8.78 Å². The lowest BCUT2D eigenvalue weighted by Crippen LogP contribution is -2.24. The van der Waals surface area contributed by atoms with Crippen LogP contribution in [0.4, 0.5) is 8.78 Å². The minimum Gasteiger partial charge on any atom is -0.204 e. The van der Waals surface area contributed by atoms with Gasteiger partial charge in [-0.15, -0.1) is 11.8 Å². The Morgan fingerprint density at radius 3 is 2.72 bits per heavy atom. The summed E-state index contributed by atoms with van der Waals surface area (Å²) in [5.74, 6) is -1.04. The third-order valence-corrected chi connectivity index (χ3v) is 4.75. The Bertz CT molecular complexity index is 469. The van der Waals surface area contributed by atoms with Crippen LogP contribution in [-0.2, 0) is 0 Å². The Kier molecular flexibility index (Phi) is 4.23. The fourth-order valence-electron chi connectivity index (χ4n) is 2.33. The van der Waals surface area contributed by atoms with Crippen molar-refractivity contribution in [3.05, 3.63) is 29.8 Å². The van der Waals surface area contributed by atoms with Crippen LogP contribution in [0, 0.1) is 34.8 Å². The molecule has 4 heteroatoms. The standard InChI is InChI=1S/C14H15F2NS/c1-9-2-3-10(8-17)14(6-9)18-11-4-5-12(15)13(16)7-11/h4-5,7,9-10,14H,2-3,6H2,1H3. The molecule has 3 unspecified atom stereocenters. The van der Waals surface area contributed by atoms with E-state index < -0.39 is 11.6 Å². The molecule has 1 aromatic rings. The van der Waals surface area contributed by atoms with Crippen LogP contribution in [0.2, 0.25) is 0 Å². The van der Waals surface area contributed by atoms with Crippen molar-refractivity contribution >= 4 is 11.8 Å². The van der Waals surface area contributed by atoms with Gasteiger partial charge in [-0.05, 0) is 43.4 Å². The number of hydrogen-bond donors (Lipinski definition) is 0. The molecule has 1 aliphatic carbocycles. The lowest BCUT2D eigenvalue weighted by atomic mass is 9.83. The quantitative estimate of drug-likeness (QED) is 0.793. The van der Waals surface area contributed by atoms with E-state index in [-0.39, 0.29) is 11.2 Å². The third-order valence-electron chi connectivity index (χ3n) is 3.40. The monoisotopic (exact) mass is 267 g/mol. The van der Waals surface area contributed by atoms with E-state index in [9.17, 15) is 8.78 Å². The highest BCUT2D eigenvalue weighted by Gasteiger charge is 2.29. The van der Waals surface area contributed by atoms with Crippen molar-refractivity contribution in [2.24, 2.45) is 11.8 Å². The van der Waals surface area contributed by atoms with Gasteiger partial charge in [-0.1, -0.05) is 6.92 Å². The molecule has 0 aromatic heterocycles. The van der Waals surface area contributed by atoms with Gasteiger partial charge in [0.1, 0.15) is 0 Å². The van der Waals surface area contributed by atoms with Crippen molar-refractivity contribution in [3.63, 3.8) is 0 Å². The summed E-state index contributed by atoms with van der Waals surface area (Å²) in [6, 6.07) is 6.27. The van der Waals surface area contributed by atoms with Gasteiger partial charge in [-0.25, -0.2) is 8.78 Å². The molecule has 0 saturated heterocycles. The first-order chi connectivity index (χ1) is 8.60. The first-order valence-corrected chi connectivity index (χ1v) is 6.99. The molecule has 0 bridgehead atoms. The van der Waals surface area contributed by atoms with Gasteiger partial charge in [-0.2, -0.15) is 5.26 Å². The second-order valence-corrected chi connectivity index (χ2v) is 6.20. The van der Waals surface area contributed by atoms with E-state index in [1.165, 1.54) is 17.8 Å². The highest BCUT2D eigenvalue weighted by molar-refractivity contribution is 8.00. The van der Waals surface area contributed by atoms with E-state index in [4.69, 9.17) is 5.26 Å². The summed E-state index contributed by atoms with van der Waals surface area (Å²) < 4.78 is 26.0. The number of halogens is 2. The predicted molar refractivity (Wildman–Crippen MR) is 68.1 cm³/mol. The van der Waals surface area contributed by atoms with E-state index in [0.717, 1.165) is 25.3 Å². The SMILES string of the molecule is CC1CCC(C#N)C(Sc2ccc(F)c(F)c2)C1. The smallest absolute Gasteiger partial charge is 0.159 e. The molecule has 1 fully saturated rings. The van der Waals surface area contributed by atoms with Gasteiger partial charge in [0.2, 0.25) is 0 Å². The average molecular weight is 267 g/mol. The molecule has 1 saturated carbocycles. The van der Waals surface area contributed by atoms with Crippen molar-refractivity contribution in [1.82, 2.24) is 0 Å². The largest absolute Gasteiger partial charge is 0.204 e. The molecule has 18 heavy (non-hydrogen) atoms. The van der Waals surface area contributed by atoms with E-state index in [1.54, 1.807) is 6.07 Å². The van der Waals surface area contributed by atoms with Crippen molar-refractivity contribution in [3.8, 4) is 6.07 Å². The van der Waals surface area contributed by atoms with Gasteiger partial charge < -0.3 is 0 Å². The molecule has 0 radical (unpaired) electrons. The fourth-order valence-corrected chi connectivity index (χ4v) is 3.79. The second kappa shape index (κ2) is 5.71. The Hall–Kier alpha value is -1.08. The van der Waals surface area contributed by atoms with Crippen LogP contribution in [0.15, 0.2) is 23.1 Å². The summed E-state index contributed by atoms with van der Waals surface area (Å²) in [5.41, 5.74) is 0. The van der Waals surface area contributed by atoms with E-state index >= 15 is 0 Å². The Balaban J connectivity index is 2.11. The number of benzene rings is 1. The molecule has 0 aliphatic heterocycles. The number of rotatable bonds is 2. The minimum absolute atomic E-state index is 0.0133. The van der Waals surface area contributed by atoms with E-state index in [0.29, 0.717) is 10.8 Å². The van der Waals surface area contributed by atoms with Gasteiger partial charge in [0, 0.05) is 10.1 Å². The molecule has 0 N–H and O–H groups in total. The summed E-state index contributed by atoms with van der Waals surface area (Å²) in [5, 5.41) is 9.31. The van der Waals surface area contributed by atoms with Crippen LogP contribution in [-0.4, -0.2) is 5.25 Å². The zero-order valence-electron chi connectivity index (χ0n) is 10.2. The summed E-state index contributed by atoms with van der Waals surface area (Å²) in [7, 11) is 0. The van der Waals surface area contributed by atoms with Gasteiger partial charge in [0.25, 0.3) is 0 Å². The molecule has 1 aliphatic rings. The summed E-state index contributed by atoms with van der Waals surface area (Å²) in [4.78, 5) is 0.702. The molecule has 0 spiro atoms. The highest BCUT2D eigenvalue weighted by Crippen LogP contribution is 2.39. The maximum Gasteiger partial charge on any atom is 0.159 e. The van der Waals surface area contributed by atoms with Gasteiger partial charge in [-0.3, -0.25) is 0 Å². The lowest BCUT2D eigenvalue weighted by molar-refractivity contribution is 0.345. The maximum atomic E-state index is 13.1. The average Bonchev–Trinajstić information content (AvgIpc) is 2.34. The fraction of sp³-hybridized carbons (Fsp3) is 0.500. The first kappa shape index (κ1) is 13.4. The third kappa shape index (κ3) is 3.02. The molecule has 2 rings (SSSR count). The first-order valence-electron chi connectivity index (χ1n) is 6.11. The number of nitrogens with zero attached hydrogens (tertiary/aromatic N) is 1. The molecule has 1 nitrogen and oxygen atoms in total. The zero-order chi connectivity index (χ0) is 13.1. The van der Waals surface area contributed by atoms with Crippen LogP contribution < -0.4 is 0 Å². The molecule has 0 heterocycles. The van der Waals surface area contributed by atoms with Gasteiger partial charge in [0.15, 0.2) is 11.6 Å². The van der Waals surface area contributed by atoms with Crippen molar-refractivity contribution in [2.75, 3.05) is 0 Å². The molecule has 96 valence electrons. The van der Waals surface area contributed by atoms with E-state index in [1.807, 2.05) is 0 Å². The lowest BCUT2D eigenvalue weighted by Gasteiger charge is -2.30. The van der Waals surface area contributed by atoms with Crippen LogP contribution in [0.1, 0.15) is 26.2 Å². The highest BCUT2D eigenvalue weighted by atomic mass is 32.2. The minimum atomic E-state index is -0.826. The van der Waals surface area contributed by atoms with Crippen molar-refractivity contribution in [2.45, 2.75) is 36.3 Å². The number of nitriles is 1. The van der Waals surface area contributed by atoms with Crippen molar-refractivity contribution in [1.29, 1.82) is 5.26 Å². The maximum absolute atomic E-state index is 13.1. The molecule has 1 aromatic carbocycles. The van der Waals surface area contributed by atoms with Gasteiger partial charge in [0.05, 0.1) is 12.0 Å². The normalized spacial score (nSPS) is 27.8. The number of thioether (sulfide) groups is 1. The number of hydrogen-bond acceptors (Lipinski definition) is 2. The second-order valence-electron chi connectivity index (χ2n) is 4.89. The van der Waals surface area contributed by atoms with Crippen LogP contribution in [0.25, 0.3) is 0 Å². The Morgan fingerprint density at radius 1 is 1.28 bits per heavy atom. The molecular formula is C14H15F2NS. The van der Waals surface area contributed by atoms with Gasteiger partial charge >= 0.3 is 0 Å². The summed E-state index contributed by atoms with van der Waals surface area (Å²) in [6.45, 7) is 2.17. The Labute approximate surface area is 110 Å². The molecule has 0 amide bonds. The van der Waals surface area contributed by atoms with Crippen LogP contribution in [0.3, 0.4) is 0 Å². The van der Waals surface area contributed by atoms with Crippen LogP contribution in [0.5, 0.6) is 0 Å². The zero-order valence-corrected chi connectivity index (χ0v) is 11.0. The summed E-state index contributed by atoms with van der Waals surface area (Å²) in [6.07, 6.45) is 2.94. The van der Waals surface area contributed by atoms with Crippen LogP contribution >= 0.6 is 11.8 Å². The summed E-state index contributed by atoms with van der Waals surface area (Å²) >= 11 is 1.49. The molecule has 3 atom stereocenters.